The van der Waals surface area contributed by atoms with Gasteiger partial charge < -0.3 is 10.1 Å². The molecule has 1 aromatic carbocycles. The number of rotatable bonds is 6. The summed E-state index contributed by atoms with van der Waals surface area (Å²) >= 11 is 6.12. The molecule has 0 fully saturated rings. The SMILES string of the molecule is CCNC(Cc1cc(Cl)ccc1OC)c1cncc(C)c1. The lowest BCUT2D eigenvalue weighted by Gasteiger charge is -2.20. The van der Waals surface area contributed by atoms with Crippen LogP contribution in [0.1, 0.15) is 29.7 Å². The van der Waals surface area contributed by atoms with Gasteiger partial charge in [-0.3, -0.25) is 4.98 Å². The molecule has 2 rings (SSSR count). The van der Waals surface area contributed by atoms with Gasteiger partial charge in [0.05, 0.1) is 7.11 Å². The first-order chi connectivity index (χ1) is 10.1. The minimum Gasteiger partial charge on any atom is -0.496 e. The van der Waals surface area contributed by atoms with Gasteiger partial charge in [-0.25, -0.2) is 0 Å². The summed E-state index contributed by atoms with van der Waals surface area (Å²) in [6.07, 6.45) is 4.59. The zero-order valence-corrected chi connectivity index (χ0v) is 13.4. The number of pyridine rings is 1. The summed E-state index contributed by atoms with van der Waals surface area (Å²) in [6.45, 7) is 5.05. The third kappa shape index (κ3) is 4.19. The molecule has 1 atom stereocenters. The van der Waals surface area contributed by atoms with Crippen LogP contribution in [0.3, 0.4) is 0 Å². The number of nitrogens with one attached hydrogen (secondary N) is 1. The van der Waals surface area contributed by atoms with Crippen molar-refractivity contribution in [3.63, 3.8) is 0 Å². The van der Waals surface area contributed by atoms with Gasteiger partial charge in [-0.2, -0.15) is 0 Å². The average Bonchev–Trinajstić information content (AvgIpc) is 2.47. The first-order valence-electron chi connectivity index (χ1n) is 7.11. The predicted octanol–water partition coefficient (Wildman–Crippen LogP) is 3.95. The van der Waals surface area contributed by atoms with Crippen molar-refractivity contribution < 1.29 is 4.74 Å². The second kappa shape index (κ2) is 7.43. The number of hydrogen-bond acceptors (Lipinski definition) is 3. The fourth-order valence-corrected chi connectivity index (χ4v) is 2.64. The molecular formula is C17H21ClN2O. The number of likely N-dealkylation sites (N-methyl/N-ethyl adjacent to an activating group) is 1. The van der Waals surface area contributed by atoms with Crippen LogP contribution in [0.15, 0.2) is 36.7 Å². The average molecular weight is 305 g/mol. The molecule has 0 aliphatic heterocycles. The largest absolute Gasteiger partial charge is 0.496 e. The maximum absolute atomic E-state index is 6.12. The molecule has 0 saturated carbocycles. The Hall–Kier alpha value is -1.58. The smallest absolute Gasteiger partial charge is 0.122 e. The molecule has 2 aromatic rings. The molecule has 1 heterocycles. The Kier molecular flexibility index (Phi) is 5.59. The van der Waals surface area contributed by atoms with Crippen LogP contribution in [0.4, 0.5) is 0 Å². The predicted molar refractivity (Wildman–Crippen MR) is 87.1 cm³/mol. The zero-order chi connectivity index (χ0) is 15.2. The molecule has 0 spiro atoms. The van der Waals surface area contributed by atoms with Crippen LogP contribution in [0, 0.1) is 6.92 Å². The number of methoxy groups -OCH3 is 1. The molecule has 0 saturated heterocycles. The quantitative estimate of drug-likeness (QED) is 0.877. The summed E-state index contributed by atoms with van der Waals surface area (Å²) in [5.41, 5.74) is 3.43. The first-order valence-corrected chi connectivity index (χ1v) is 7.49. The minimum absolute atomic E-state index is 0.190. The number of halogens is 1. The molecule has 1 unspecified atom stereocenters. The van der Waals surface area contributed by atoms with E-state index in [0.29, 0.717) is 0 Å². The van der Waals surface area contributed by atoms with Crippen LogP contribution >= 0.6 is 11.6 Å². The maximum atomic E-state index is 6.12. The van der Waals surface area contributed by atoms with Gasteiger partial charge in [0.2, 0.25) is 0 Å². The van der Waals surface area contributed by atoms with E-state index in [1.54, 1.807) is 7.11 Å². The Morgan fingerprint density at radius 2 is 2.10 bits per heavy atom. The highest BCUT2D eigenvalue weighted by Crippen LogP contribution is 2.27. The normalized spacial score (nSPS) is 12.2. The van der Waals surface area contributed by atoms with Gasteiger partial charge in [0.25, 0.3) is 0 Å². The fourth-order valence-electron chi connectivity index (χ4n) is 2.45. The van der Waals surface area contributed by atoms with Gasteiger partial charge >= 0.3 is 0 Å². The molecule has 0 bridgehead atoms. The van der Waals surface area contributed by atoms with Crippen molar-refractivity contribution >= 4 is 11.6 Å². The molecule has 1 N–H and O–H groups in total. The molecule has 0 amide bonds. The van der Waals surface area contributed by atoms with Crippen LogP contribution in [0.2, 0.25) is 5.02 Å². The summed E-state index contributed by atoms with van der Waals surface area (Å²) in [4.78, 5) is 4.29. The molecule has 1 aromatic heterocycles. The summed E-state index contributed by atoms with van der Waals surface area (Å²) < 4.78 is 5.44. The van der Waals surface area contributed by atoms with Crippen LogP contribution in [0.5, 0.6) is 5.75 Å². The standard InChI is InChI=1S/C17H21ClN2O/c1-4-20-16(14-7-12(2)10-19-11-14)9-13-8-15(18)5-6-17(13)21-3/h5-8,10-11,16,20H,4,9H2,1-3H3. The van der Waals surface area contributed by atoms with Crippen LogP contribution < -0.4 is 10.1 Å². The second-order valence-electron chi connectivity index (χ2n) is 5.07. The van der Waals surface area contributed by atoms with E-state index in [9.17, 15) is 0 Å². The van der Waals surface area contributed by atoms with Gasteiger partial charge in [0, 0.05) is 23.5 Å². The molecule has 0 aliphatic rings. The van der Waals surface area contributed by atoms with Crippen LogP contribution in [0.25, 0.3) is 0 Å². The van der Waals surface area contributed by atoms with E-state index in [2.05, 4.69) is 30.2 Å². The number of benzene rings is 1. The summed E-state index contributed by atoms with van der Waals surface area (Å²) in [6, 6.07) is 8.08. The number of aromatic nitrogens is 1. The number of aryl methyl sites for hydroxylation is 1. The number of ether oxygens (including phenoxy) is 1. The van der Waals surface area contributed by atoms with Crippen molar-refractivity contribution in [3.05, 3.63) is 58.4 Å². The Balaban J connectivity index is 2.30. The summed E-state index contributed by atoms with van der Waals surface area (Å²) in [7, 11) is 1.68. The van der Waals surface area contributed by atoms with E-state index in [1.807, 2.05) is 30.6 Å². The lowest BCUT2D eigenvalue weighted by Crippen LogP contribution is -2.23. The molecule has 3 nitrogen and oxygen atoms in total. The molecule has 4 heteroatoms. The van der Waals surface area contributed by atoms with Crippen molar-refractivity contribution in [2.75, 3.05) is 13.7 Å². The van der Waals surface area contributed by atoms with E-state index >= 15 is 0 Å². The Morgan fingerprint density at radius 1 is 1.29 bits per heavy atom. The van der Waals surface area contributed by atoms with Gasteiger partial charge in [0.15, 0.2) is 0 Å². The van der Waals surface area contributed by atoms with Crippen molar-refractivity contribution in [3.8, 4) is 5.75 Å². The molecular weight excluding hydrogens is 284 g/mol. The van der Waals surface area contributed by atoms with Gasteiger partial charge in [0.1, 0.15) is 5.75 Å². The van der Waals surface area contributed by atoms with E-state index < -0.39 is 0 Å². The Bertz CT molecular complexity index is 601. The van der Waals surface area contributed by atoms with E-state index in [0.717, 1.165) is 34.9 Å². The first kappa shape index (κ1) is 15.8. The minimum atomic E-state index is 0.190. The lowest BCUT2D eigenvalue weighted by molar-refractivity contribution is 0.405. The highest BCUT2D eigenvalue weighted by atomic mass is 35.5. The molecule has 0 aliphatic carbocycles. The highest BCUT2D eigenvalue weighted by molar-refractivity contribution is 6.30. The summed E-state index contributed by atoms with van der Waals surface area (Å²) in [5.74, 6) is 0.864. The van der Waals surface area contributed by atoms with Gasteiger partial charge in [-0.05, 0) is 54.8 Å². The van der Waals surface area contributed by atoms with Crippen molar-refractivity contribution in [2.24, 2.45) is 0 Å². The second-order valence-corrected chi connectivity index (χ2v) is 5.50. The number of hydrogen-bond donors (Lipinski definition) is 1. The van der Waals surface area contributed by atoms with E-state index in [4.69, 9.17) is 16.3 Å². The zero-order valence-electron chi connectivity index (χ0n) is 12.7. The van der Waals surface area contributed by atoms with Crippen molar-refractivity contribution in [2.45, 2.75) is 26.3 Å². The highest BCUT2D eigenvalue weighted by Gasteiger charge is 2.15. The summed E-state index contributed by atoms with van der Waals surface area (Å²) in [5, 5.41) is 4.23. The third-order valence-electron chi connectivity index (χ3n) is 3.42. The van der Waals surface area contributed by atoms with Crippen molar-refractivity contribution in [1.82, 2.24) is 10.3 Å². The lowest BCUT2D eigenvalue weighted by atomic mass is 9.98. The Morgan fingerprint density at radius 3 is 2.76 bits per heavy atom. The fraction of sp³-hybridized carbons (Fsp3) is 0.353. The molecule has 0 radical (unpaired) electrons. The van der Waals surface area contributed by atoms with Crippen LogP contribution in [-0.4, -0.2) is 18.6 Å². The number of nitrogens with zero attached hydrogens (tertiary/aromatic N) is 1. The van der Waals surface area contributed by atoms with E-state index in [-0.39, 0.29) is 6.04 Å². The van der Waals surface area contributed by atoms with E-state index in [1.165, 1.54) is 5.56 Å². The Labute approximate surface area is 131 Å². The molecule has 21 heavy (non-hydrogen) atoms. The monoisotopic (exact) mass is 304 g/mol. The van der Waals surface area contributed by atoms with Gasteiger partial charge in [-0.15, -0.1) is 0 Å². The topological polar surface area (TPSA) is 34.1 Å². The molecule has 112 valence electrons. The van der Waals surface area contributed by atoms with Crippen molar-refractivity contribution in [1.29, 1.82) is 0 Å². The van der Waals surface area contributed by atoms with Crippen LogP contribution in [-0.2, 0) is 6.42 Å². The maximum Gasteiger partial charge on any atom is 0.122 e. The van der Waals surface area contributed by atoms with Gasteiger partial charge in [-0.1, -0.05) is 24.6 Å². The third-order valence-corrected chi connectivity index (χ3v) is 3.65.